The number of hydrogen-bond acceptors (Lipinski definition) is 4. The molecule has 6 heteroatoms. The Hall–Kier alpha value is -1.98. The summed E-state index contributed by atoms with van der Waals surface area (Å²) in [5, 5.41) is 3.02. The smallest absolute Gasteiger partial charge is 0.253 e. The van der Waals surface area contributed by atoms with Crippen LogP contribution in [0.25, 0.3) is 0 Å². The van der Waals surface area contributed by atoms with Crippen LogP contribution in [0.3, 0.4) is 0 Å². The summed E-state index contributed by atoms with van der Waals surface area (Å²) in [6, 6.07) is 0. The van der Waals surface area contributed by atoms with Gasteiger partial charge in [0.15, 0.2) is 0 Å². The molecule has 0 aromatic rings. The van der Waals surface area contributed by atoms with Crippen LogP contribution in [0.1, 0.15) is 104 Å². The van der Waals surface area contributed by atoms with Gasteiger partial charge >= 0.3 is 0 Å². The van der Waals surface area contributed by atoms with Gasteiger partial charge in [-0.05, 0) is 62.7 Å². The number of Topliss-reactive ketones (excluding diaryl/α,β-unsaturated/α-hetero) is 1. The standard InChI is InChI=1S/C27H44N2O4/c1-27(2,3)18-8-9-19-28-24(31)11-7-5-4-6-10-23(30)22-14-12-21(13-15-22)20-29-25(32)16-17-26(29)33/h16-17,21-22H,4-15,18-20H2,1-3H3,(H,28,31). The van der Waals surface area contributed by atoms with E-state index in [2.05, 4.69) is 26.1 Å². The summed E-state index contributed by atoms with van der Waals surface area (Å²) in [6.45, 7) is 7.98. The minimum Gasteiger partial charge on any atom is -0.356 e. The molecule has 0 saturated heterocycles. The van der Waals surface area contributed by atoms with Crippen molar-refractivity contribution in [3.05, 3.63) is 12.2 Å². The van der Waals surface area contributed by atoms with Crippen LogP contribution in [0.4, 0.5) is 0 Å². The number of amides is 3. The van der Waals surface area contributed by atoms with E-state index in [-0.39, 0.29) is 23.6 Å². The molecular weight excluding hydrogens is 416 g/mol. The summed E-state index contributed by atoms with van der Waals surface area (Å²) in [4.78, 5) is 49.2. The summed E-state index contributed by atoms with van der Waals surface area (Å²) in [7, 11) is 0. The second-order valence-corrected chi connectivity index (χ2v) is 11.1. The highest BCUT2D eigenvalue weighted by Gasteiger charge is 2.30. The molecule has 3 amide bonds. The van der Waals surface area contributed by atoms with E-state index in [4.69, 9.17) is 0 Å². The Bertz CT molecular complexity index is 681. The Morgan fingerprint density at radius 2 is 1.48 bits per heavy atom. The Kier molecular flexibility index (Phi) is 11.3. The van der Waals surface area contributed by atoms with Crippen molar-refractivity contribution in [1.29, 1.82) is 0 Å². The predicted molar refractivity (Wildman–Crippen MR) is 130 cm³/mol. The van der Waals surface area contributed by atoms with E-state index in [1.807, 2.05) is 0 Å². The first-order valence-corrected chi connectivity index (χ1v) is 13.0. The number of unbranched alkanes of at least 4 members (excludes halogenated alkanes) is 4. The van der Waals surface area contributed by atoms with E-state index in [1.54, 1.807) is 0 Å². The van der Waals surface area contributed by atoms with Crippen molar-refractivity contribution >= 4 is 23.5 Å². The first-order chi connectivity index (χ1) is 15.7. The molecule has 0 radical (unpaired) electrons. The molecular formula is C27H44N2O4. The van der Waals surface area contributed by atoms with Gasteiger partial charge in [0, 0.05) is 44.0 Å². The van der Waals surface area contributed by atoms with Crippen LogP contribution in [-0.4, -0.2) is 41.5 Å². The zero-order valence-electron chi connectivity index (χ0n) is 21.0. The van der Waals surface area contributed by atoms with Gasteiger partial charge in [0.1, 0.15) is 5.78 Å². The van der Waals surface area contributed by atoms with Crippen molar-refractivity contribution in [3.8, 4) is 0 Å². The van der Waals surface area contributed by atoms with E-state index >= 15 is 0 Å². The monoisotopic (exact) mass is 460 g/mol. The summed E-state index contributed by atoms with van der Waals surface area (Å²) < 4.78 is 0. The Morgan fingerprint density at radius 1 is 0.879 bits per heavy atom. The van der Waals surface area contributed by atoms with Crippen molar-refractivity contribution in [3.63, 3.8) is 0 Å². The minimum absolute atomic E-state index is 0.133. The average Bonchev–Trinajstić information content (AvgIpc) is 3.07. The number of carbonyl (C=O) groups is 4. The Labute approximate surface area is 199 Å². The van der Waals surface area contributed by atoms with Crippen molar-refractivity contribution in [2.24, 2.45) is 17.3 Å². The van der Waals surface area contributed by atoms with Crippen LogP contribution in [0.2, 0.25) is 0 Å². The fraction of sp³-hybridized carbons (Fsp3) is 0.778. The van der Waals surface area contributed by atoms with Crippen molar-refractivity contribution in [2.45, 2.75) is 104 Å². The second-order valence-electron chi connectivity index (χ2n) is 11.1. The highest BCUT2D eigenvalue weighted by Crippen LogP contribution is 2.31. The predicted octanol–water partition coefficient (Wildman–Crippen LogP) is 4.96. The zero-order chi connectivity index (χ0) is 24.3. The third kappa shape index (κ3) is 10.7. The van der Waals surface area contributed by atoms with E-state index in [0.29, 0.717) is 36.5 Å². The molecule has 1 N–H and O–H groups in total. The lowest BCUT2D eigenvalue weighted by Crippen LogP contribution is -2.36. The molecule has 1 saturated carbocycles. The molecule has 1 aliphatic heterocycles. The normalized spacial score (nSPS) is 21.0. The topological polar surface area (TPSA) is 83.6 Å². The SMILES string of the molecule is CC(C)(C)CCCCNC(=O)CCCCCCC(=O)C1CCC(CN2C(=O)C=CC2=O)CC1. The third-order valence-electron chi connectivity index (χ3n) is 6.90. The van der Waals surface area contributed by atoms with Gasteiger partial charge in [0.25, 0.3) is 11.8 Å². The summed E-state index contributed by atoms with van der Waals surface area (Å²) in [5.74, 6) is 0.515. The van der Waals surface area contributed by atoms with Gasteiger partial charge < -0.3 is 5.32 Å². The number of hydrogen-bond donors (Lipinski definition) is 1. The van der Waals surface area contributed by atoms with E-state index in [9.17, 15) is 19.2 Å². The fourth-order valence-corrected chi connectivity index (χ4v) is 4.78. The average molecular weight is 461 g/mol. The highest BCUT2D eigenvalue weighted by molar-refractivity contribution is 6.12. The van der Waals surface area contributed by atoms with E-state index < -0.39 is 0 Å². The maximum absolute atomic E-state index is 12.5. The summed E-state index contributed by atoms with van der Waals surface area (Å²) in [5.41, 5.74) is 0.360. The van der Waals surface area contributed by atoms with Gasteiger partial charge in [-0.2, -0.15) is 0 Å². The first kappa shape index (κ1) is 27.3. The summed E-state index contributed by atoms with van der Waals surface area (Å²) >= 11 is 0. The molecule has 33 heavy (non-hydrogen) atoms. The van der Waals surface area contributed by atoms with Crippen LogP contribution in [0.5, 0.6) is 0 Å². The molecule has 0 atom stereocenters. The van der Waals surface area contributed by atoms with E-state index in [0.717, 1.165) is 70.8 Å². The maximum Gasteiger partial charge on any atom is 0.253 e. The lowest BCUT2D eigenvalue weighted by Gasteiger charge is -2.30. The number of carbonyl (C=O) groups excluding carboxylic acids is 4. The van der Waals surface area contributed by atoms with Gasteiger partial charge in [0.05, 0.1) is 0 Å². The molecule has 0 aromatic heterocycles. The Morgan fingerprint density at radius 3 is 2.09 bits per heavy atom. The van der Waals surface area contributed by atoms with Crippen molar-refractivity contribution < 1.29 is 19.2 Å². The van der Waals surface area contributed by atoms with Crippen LogP contribution >= 0.6 is 0 Å². The molecule has 1 aliphatic carbocycles. The number of rotatable bonds is 14. The summed E-state index contributed by atoms with van der Waals surface area (Å²) in [6.07, 6.45) is 14.5. The lowest BCUT2D eigenvalue weighted by atomic mass is 9.79. The minimum atomic E-state index is -0.216. The number of imide groups is 1. The maximum atomic E-state index is 12.5. The molecule has 6 nitrogen and oxygen atoms in total. The lowest BCUT2D eigenvalue weighted by molar-refractivity contribution is -0.138. The van der Waals surface area contributed by atoms with E-state index in [1.165, 1.54) is 23.5 Å². The third-order valence-corrected chi connectivity index (χ3v) is 6.90. The zero-order valence-corrected chi connectivity index (χ0v) is 21.0. The molecule has 2 aliphatic rings. The van der Waals surface area contributed by atoms with Crippen LogP contribution in [0.15, 0.2) is 12.2 Å². The second kappa shape index (κ2) is 13.7. The molecule has 1 fully saturated rings. The molecule has 0 spiro atoms. The fourth-order valence-electron chi connectivity index (χ4n) is 4.78. The van der Waals surface area contributed by atoms with Gasteiger partial charge in [-0.25, -0.2) is 0 Å². The van der Waals surface area contributed by atoms with Crippen LogP contribution in [0, 0.1) is 17.3 Å². The van der Waals surface area contributed by atoms with Gasteiger partial charge in [-0.1, -0.05) is 40.0 Å². The molecule has 186 valence electrons. The van der Waals surface area contributed by atoms with Gasteiger partial charge in [-0.3, -0.25) is 24.1 Å². The number of nitrogens with one attached hydrogen (secondary N) is 1. The molecule has 0 bridgehead atoms. The van der Waals surface area contributed by atoms with Gasteiger partial charge in [-0.15, -0.1) is 0 Å². The molecule has 0 aromatic carbocycles. The molecule has 1 heterocycles. The van der Waals surface area contributed by atoms with Crippen molar-refractivity contribution in [1.82, 2.24) is 10.2 Å². The van der Waals surface area contributed by atoms with Crippen molar-refractivity contribution in [2.75, 3.05) is 13.1 Å². The van der Waals surface area contributed by atoms with Gasteiger partial charge in [0.2, 0.25) is 5.91 Å². The van der Waals surface area contributed by atoms with Crippen LogP contribution < -0.4 is 5.32 Å². The quantitative estimate of drug-likeness (QED) is 0.293. The number of ketones is 1. The van der Waals surface area contributed by atoms with Crippen LogP contribution in [-0.2, 0) is 19.2 Å². The Balaban J connectivity index is 1.45. The molecule has 2 rings (SSSR count). The first-order valence-electron chi connectivity index (χ1n) is 13.0. The largest absolute Gasteiger partial charge is 0.356 e. The molecule has 0 unspecified atom stereocenters. The number of nitrogens with zero attached hydrogens (tertiary/aromatic N) is 1. The highest BCUT2D eigenvalue weighted by atomic mass is 16.2.